The molecular weight excluding hydrogens is 412 g/mol. The van der Waals surface area contributed by atoms with E-state index in [2.05, 4.69) is 15.3 Å². The van der Waals surface area contributed by atoms with Gasteiger partial charge < -0.3 is 10.1 Å². The Labute approximate surface area is 176 Å². The lowest BCUT2D eigenvalue weighted by Crippen LogP contribution is -2.22. The van der Waals surface area contributed by atoms with Gasteiger partial charge in [-0.05, 0) is 50.3 Å². The number of ether oxygens (including phenoxy) is 1. The zero-order valence-corrected chi connectivity index (χ0v) is 19.1. The van der Waals surface area contributed by atoms with Crippen molar-refractivity contribution < 1.29 is 17.9 Å². The molecule has 0 bridgehead atoms. The molecule has 1 N–H and O–H groups in total. The molecule has 1 heterocycles. The van der Waals surface area contributed by atoms with E-state index in [0.717, 1.165) is 21.3 Å². The maximum atomic E-state index is 12.5. The Bertz CT molecular complexity index is 984. The number of nitrogens with one attached hydrogen (secondary N) is 1. The topological polar surface area (TPSA) is 101 Å². The van der Waals surface area contributed by atoms with Gasteiger partial charge in [0.25, 0.3) is 0 Å². The van der Waals surface area contributed by atoms with E-state index in [4.69, 9.17) is 4.74 Å². The van der Waals surface area contributed by atoms with E-state index in [1.165, 1.54) is 51.2 Å². The molecule has 158 valence electrons. The van der Waals surface area contributed by atoms with Crippen LogP contribution in [0.4, 0.5) is 5.69 Å². The van der Waals surface area contributed by atoms with Crippen LogP contribution < -0.4 is 10.1 Å². The Hall–Kier alpha value is -2.17. The van der Waals surface area contributed by atoms with Crippen LogP contribution in [0.25, 0.3) is 0 Å². The van der Waals surface area contributed by atoms with E-state index in [1.54, 1.807) is 0 Å². The summed E-state index contributed by atoms with van der Waals surface area (Å²) in [6.07, 6.45) is 2.60. The van der Waals surface area contributed by atoms with Crippen LogP contribution >= 0.6 is 11.8 Å². The predicted octanol–water partition coefficient (Wildman–Crippen LogP) is 2.65. The highest BCUT2D eigenvalue weighted by molar-refractivity contribution is 7.98. The average Bonchev–Trinajstić information content (AvgIpc) is 2.66. The molecule has 1 aromatic heterocycles. The highest BCUT2D eigenvalue weighted by Crippen LogP contribution is 2.28. The molecule has 0 fully saturated rings. The van der Waals surface area contributed by atoms with Crippen LogP contribution in [0, 0.1) is 13.8 Å². The van der Waals surface area contributed by atoms with Gasteiger partial charge in [0.05, 0.1) is 17.7 Å². The minimum absolute atomic E-state index is 0.0753. The maximum Gasteiger partial charge on any atom is 0.242 e. The molecule has 0 saturated heterocycles. The van der Waals surface area contributed by atoms with E-state index in [1.807, 2.05) is 20.1 Å². The van der Waals surface area contributed by atoms with E-state index in [-0.39, 0.29) is 17.2 Å². The van der Waals surface area contributed by atoms with Crippen LogP contribution in [0.15, 0.2) is 28.3 Å². The molecule has 2 rings (SSSR count). The number of hydrogen-bond acceptors (Lipinski definition) is 7. The summed E-state index contributed by atoms with van der Waals surface area (Å²) < 4.78 is 31.1. The number of methoxy groups -OCH3 is 1. The molecule has 29 heavy (non-hydrogen) atoms. The van der Waals surface area contributed by atoms with E-state index >= 15 is 0 Å². The first kappa shape index (κ1) is 23.1. The van der Waals surface area contributed by atoms with Gasteiger partial charge in [-0.15, -0.1) is 0 Å². The van der Waals surface area contributed by atoms with Crippen molar-refractivity contribution in [3.8, 4) is 5.75 Å². The lowest BCUT2D eigenvalue weighted by Gasteiger charge is -2.15. The SMILES string of the molecule is COc1ccc(S(=O)(=O)N(C)C)cc1NC(=O)CCc1c(C)nc(SC)nc1C. The number of nitrogens with zero attached hydrogens (tertiary/aromatic N) is 3. The van der Waals surface area contributed by atoms with Crippen molar-refractivity contribution in [2.75, 3.05) is 32.8 Å². The third-order valence-electron chi connectivity index (χ3n) is 4.41. The van der Waals surface area contributed by atoms with Crippen LogP contribution in [0.5, 0.6) is 5.75 Å². The zero-order valence-electron chi connectivity index (χ0n) is 17.4. The van der Waals surface area contributed by atoms with Crippen molar-refractivity contribution in [3.63, 3.8) is 0 Å². The van der Waals surface area contributed by atoms with Gasteiger partial charge in [-0.25, -0.2) is 22.7 Å². The van der Waals surface area contributed by atoms with Crippen molar-refractivity contribution in [3.05, 3.63) is 35.2 Å². The molecule has 0 atom stereocenters. The molecule has 0 saturated carbocycles. The number of hydrogen-bond donors (Lipinski definition) is 1. The van der Waals surface area contributed by atoms with Crippen LogP contribution in [0.1, 0.15) is 23.4 Å². The third kappa shape index (κ3) is 5.46. The second-order valence-corrected chi connectivity index (χ2v) is 9.48. The molecule has 0 unspecified atom stereocenters. The molecule has 8 nitrogen and oxygen atoms in total. The van der Waals surface area contributed by atoms with Gasteiger partial charge in [-0.1, -0.05) is 11.8 Å². The van der Waals surface area contributed by atoms with Crippen molar-refractivity contribution in [1.82, 2.24) is 14.3 Å². The molecule has 10 heteroatoms. The van der Waals surface area contributed by atoms with Crippen molar-refractivity contribution in [2.45, 2.75) is 36.7 Å². The molecule has 0 radical (unpaired) electrons. The molecule has 0 aliphatic carbocycles. The number of aryl methyl sites for hydroxylation is 2. The smallest absolute Gasteiger partial charge is 0.242 e. The van der Waals surface area contributed by atoms with E-state index in [0.29, 0.717) is 23.0 Å². The van der Waals surface area contributed by atoms with Gasteiger partial charge in [0.1, 0.15) is 5.75 Å². The first-order valence-corrected chi connectivity index (χ1v) is 11.5. The molecule has 0 aliphatic heterocycles. The van der Waals surface area contributed by atoms with Crippen molar-refractivity contribution >= 4 is 33.4 Å². The zero-order chi connectivity index (χ0) is 21.8. The average molecular weight is 439 g/mol. The summed E-state index contributed by atoms with van der Waals surface area (Å²) >= 11 is 1.47. The fourth-order valence-electron chi connectivity index (χ4n) is 2.77. The number of anilines is 1. The number of amides is 1. The highest BCUT2D eigenvalue weighted by Gasteiger charge is 2.20. The van der Waals surface area contributed by atoms with Crippen LogP contribution in [0.2, 0.25) is 0 Å². The number of carbonyl (C=O) groups excluding carboxylic acids is 1. The molecule has 2 aromatic rings. The second kappa shape index (κ2) is 9.55. The lowest BCUT2D eigenvalue weighted by atomic mass is 10.1. The van der Waals surface area contributed by atoms with Gasteiger partial charge in [0.15, 0.2) is 5.16 Å². The van der Waals surface area contributed by atoms with Gasteiger partial charge in [0.2, 0.25) is 15.9 Å². The first-order chi connectivity index (χ1) is 13.6. The van der Waals surface area contributed by atoms with Crippen LogP contribution in [0.3, 0.4) is 0 Å². The van der Waals surface area contributed by atoms with Crippen LogP contribution in [-0.4, -0.2) is 56.1 Å². The number of rotatable bonds is 8. The van der Waals surface area contributed by atoms with Crippen LogP contribution in [-0.2, 0) is 21.2 Å². The molecule has 1 amide bonds. The minimum Gasteiger partial charge on any atom is -0.495 e. The molecule has 0 spiro atoms. The summed E-state index contributed by atoms with van der Waals surface area (Å²) in [6.45, 7) is 3.81. The number of sulfonamides is 1. The highest BCUT2D eigenvalue weighted by atomic mass is 32.2. The Morgan fingerprint density at radius 3 is 2.34 bits per heavy atom. The second-order valence-electron chi connectivity index (χ2n) is 6.56. The maximum absolute atomic E-state index is 12.5. The predicted molar refractivity (Wildman–Crippen MR) is 114 cm³/mol. The van der Waals surface area contributed by atoms with E-state index < -0.39 is 10.0 Å². The summed E-state index contributed by atoms with van der Waals surface area (Å²) in [5.41, 5.74) is 2.95. The normalized spacial score (nSPS) is 11.6. The van der Waals surface area contributed by atoms with E-state index in [9.17, 15) is 13.2 Å². The Morgan fingerprint density at radius 2 is 1.83 bits per heavy atom. The largest absolute Gasteiger partial charge is 0.495 e. The lowest BCUT2D eigenvalue weighted by molar-refractivity contribution is -0.116. The van der Waals surface area contributed by atoms with Gasteiger partial charge in [0, 0.05) is 31.9 Å². The van der Waals surface area contributed by atoms with Gasteiger partial charge in [-0.2, -0.15) is 0 Å². The number of thioether (sulfide) groups is 1. The summed E-state index contributed by atoms with van der Waals surface area (Å²) in [4.78, 5) is 21.4. The number of benzene rings is 1. The Morgan fingerprint density at radius 1 is 1.21 bits per heavy atom. The summed E-state index contributed by atoms with van der Waals surface area (Å²) in [5, 5.41) is 3.46. The first-order valence-electron chi connectivity index (χ1n) is 8.88. The molecular formula is C19H26N4O4S2. The fraction of sp³-hybridized carbons (Fsp3) is 0.421. The monoisotopic (exact) mass is 438 g/mol. The number of carbonyl (C=O) groups is 1. The standard InChI is InChI=1S/C19H26N4O4S2/c1-12-15(13(2)21-19(20-12)28-6)8-10-18(24)22-16-11-14(7-9-17(16)27-5)29(25,26)23(3)4/h7,9,11H,8,10H2,1-6H3,(H,22,24). The van der Waals surface area contributed by atoms with Crippen molar-refractivity contribution in [1.29, 1.82) is 0 Å². The molecule has 1 aromatic carbocycles. The van der Waals surface area contributed by atoms with Gasteiger partial charge in [-0.3, -0.25) is 4.79 Å². The fourth-order valence-corrected chi connectivity index (χ4v) is 4.15. The van der Waals surface area contributed by atoms with Crippen molar-refractivity contribution in [2.24, 2.45) is 0 Å². The van der Waals surface area contributed by atoms with Gasteiger partial charge >= 0.3 is 0 Å². The minimum atomic E-state index is -3.63. The quantitative estimate of drug-likeness (QED) is 0.499. The number of aromatic nitrogens is 2. The Balaban J connectivity index is 2.19. The summed E-state index contributed by atoms with van der Waals surface area (Å²) in [7, 11) is 0.738. The summed E-state index contributed by atoms with van der Waals surface area (Å²) in [6, 6.07) is 4.37. The third-order valence-corrected chi connectivity index (χ3v) is 6.77. The Kier molecular flexibility index (Phi) is 7.61. The summed E-state index contributed by atoms with van der Waals surface area (Å²) in [5.74, 6) is 0.131. The molecule has 0 aliphatic rings.